The van der Waals surface area contributed by atoms with Crippen molar-refractivity contribution in [2.75, 3.05) is 13.8 Å². The second kappa shape index (κ2) is 11.1. The minimum atomic E-state index is -0.269. The Morgan fingerprint density at radius 3 is 2.34 bits per heavy atom. The van der Waals surface area contributed by atoms with Gasteiger partial charge in [0.25, 0.3) is 0 Å². The van der Waals surface area contributed by atoms with E-state index >= 15 is 0 Å². The number of hydrogen-bond acceptors (Lipinski definition) is 5. The summed E-state index contributed by atoms with van der Waals surface area (Å²) in [6.45, 7) is 15.1. The molecule has 32 heavy (non-hydrogen) atoms. The van der Waals surface area contributed by atoms with E-state index in [1.807, 2.05) is 32.4 Å². The zero-order valence-corrected chi connectivity index (χ0v) is 20.8. The molecule has 2 rings (SSSR count). The molecule has 1 heterocycles. The molecular formula is C26H37N3O3. The molecule has 0 atom stereocenters. The number of ether oxygens (including phenoxy) is 2. The van der Waals surface area contributed by atoms with Gasteiger partial charge in [0.05, 0.1) is 5.69 Å². The number of aromatic nitrogens is 2. The quantitative estimate of drug-likeness (QED) is 0.215. The van der Waals surface area contributed by atoms with Crippen LogP contribution < -0.4 is 0 Å². The molecule has 2 aromatic rings. The monoisotopic (exact) mass is 439 g/mol. The number of allylic oxidation sites excluding steroid dienone is 1. The molecule has 174 valence electrons. The third-order valence-electron chi connectivity index (χ3n) is 5.35. The Morgan fingerprint density at radius 2 is 1.81 bits per heavy atom. The fraction of sp³-hybridized carbons (Fsp3) is 0.500. The standard InChI is InChI=1S/C26H37N3O3/c1-9-11-23(30)31-17-32-25(24-22(16-27-8)19(4)28-29(24)10-2)18(3)20-12-14-21(15-13-20)26(5,6)7/h12-16H,9-11,17H2,1-8H3/b25-18-,27-16?. The van der Waals surface area contributed by atoms with Gasteiger partial charge in [0.15, 0.2) is 5.76 Å². The molecule has 6 heteroatoms. The first-order valence-electron chi connectivity index (χ1n) is 11.2. The first-order chi connectivity index (χ1) is 15.1. The highest BCUT2D eigenvalue weighted by molar-refractivity contribution is 5.94. The van der Waals surface area contributed by atoms with Crippen molar-refractivity contribution in [2.24, 2.45) is 4.99 Å². The third kappa shape index (κ3) is 6.09. The number of esters is 1. The van der Waals surface area contributed by atoms with E-state index in [2.05, 4.69) is 55.1 Å². The van der Waals surface area contributed by atoms with E-state index in [4.69, 9.17) is 9.47 Å². The molecule has 0 aliphatic carbocycles. The van der Waals surface area contributed by atoms with Gasteiger partial charge in [-0.15, -0.1) is 0 Å². The van der Waals surface area contributed by atoms with Crippen LogP contribution in [0.3, 0.4) is 0 Å². The SMILES string of the molecule is CCCC(=O)OCO/C(=C(/C)c1ccc(C(C)(C)C)cc1)c1c(C=NC)c(C)nn1CC. The molecule has 0 fully saturated rings. The maximum absolute atomic E-state index is 11.9. The predicted octanol–water partition coefficient (Wildman–Crippen LogP) is 5.76. The van der Waals surface area contributed by atoms with E-state index in [-0.39, 0.29) is 18.2 Å². The van der Waals surface area contributed by atoms with Crippen LogP contribution in [0.2, 0.25) is 0 Å². The van der Waals surface area contributed by atoms with E-state index in [9.17, 15) is 4.79 Å². The minimum Gasteiger partial charge on any atom is -0.455 e. The van der Waals surface area contributed by atoms with Crippen molar-refractivity contribution in [3.8, 4) is 0 Å². The number of carbonyl (C=O) groups excluding carboxylic acids is 1. The van der Waals surface area contributed by atoms with Crippen LogP contribution in [0.1, 0.15) is 82.5 Å². The lowest BCUT2D eigenvalue weighted by Crippen LogP contribution is -2.12. The van der Waals surface area contributed by atoms with Gasteiger partial charge in [0, 0.05) is 37.4 Å². The molecular weight excluding hydrogens is 402 g/mol. The Bertz CT molecular complexity index is 977. The first-order valence-corrected chi connectivity index (χ1v) is 11.2. The molecule has 0 amide bonds. The van der Waals surface area contributed by atoms with Crippen molar-refractivity contribution >= 4 is 23.5 Å². The number of hydrogen-bond donors (Lipinski definition) is 0. The highest BCUT2D eigenvalue weighted by Crippen LogP contribution is 2.32. The van der Waals surface area contributed by atoms with Gasteiger partial charge < -0.3 is 9.47 Å². The summed E-state index contributed by atoms with van der Waals surface area (Å²) in [5.74, 6) is 0.365. The number of rotatable bonds is 9. The van der Waals surface area contributed by atoms with Crippen LogP contribution in [0.25, 0.3) is 11.3 Å². The summed E-state index contributed by atoms with van der Waals surface area (Å²) >= 11 is 0. The molecule has 0 N–H and O–H groups in total. The van der Waals surface area contributed by atoms with Crippen LogP contribution in [0.4, 0.5) is 0 Å². The van der Waals surface area contributed by atoms with Gasteiger partial charge >= 0.3 is 5.97 Å². The number of aryl methyl sites for hydroxylation is 2. The lowest BCUT2D eigenvalue weighted by atomic mass is 9.86. The number of nitrogens with zero attached hydrogens (tertiary/aromatic N) is 3. The molecule has 6 nitrogen and oxygen atoms in total. The Morgan fingerprint density at radius 1 is 1.16 bits per heavy atom. The van der Waals surface area contributed by atoms with Crippen molar-refractivity contribution < 1.29 is 14.3 Å². The van der Waals surface area contributed by atoms with Gasteiger partial charge in [-0.3, -0.25) is 14.5 Å². The smallest absolute Gasteiger partial charge is 0.308 e. The normalized spacial score (nSPS) is 12.8. The number of benzene rings is 1. The molecule has 0 bridgehead atoms. The van der Waals surface area contributed by atoms with Crippen LogP contribution in [0.15, 0.2) is 29.3 Å². The first kappa shape index (κ1) is 25.4. The summed E-state index contributed by atoms with van der Waals surface area (Å²) in [5, 5.41) is 4.67. The van der Waals surface area contributed by atoms with Crippen molar-refractivity contribution in [1.82, 2.24) is 9.78 Å². The average molecular weight is 440 g/mol. The number of carbonyl (C=O) groups is 1. The summed E-state index contributed by atoms with van der Waals surface area (Å²) in [5.41, 5.74) is 5.91. The summed E-state index contributed by atoms with van der Waals surface area (Å²) in [6, 6.07) is 8.51. The third-order valence-corrected chi connectivity index (χ3v) is 5.35. The molecule has 0 spiro atoms. The molecule has 0 saturated carbocycles. The van der Waals surface area contributed by atoms with E-state index < -0.39 is 0 Å². The summed E-state index contributed by atoms with van der Waals surface area (Å²) in [4.78, 5) is 16.1. The Hall–Kier alpha value is -2.89. The zero-order chi connectivity index (χ0) is 23.9. The van der Waals surface area contributed by atoms with Gasteiger partial charge in [-0.2, -0.15) is 5.10 Å². The van der Waals surface area contributed by atoms with Gasteiger partial charge in [-0.25, -0.2) is 0 Å². The molecule has 1 aromatic carbocycles. The van der Waals surface area contributed by atoms with Crippen molar-refractivity contribution in [3.63, 3.8) is 0 Å². The highest BCUT2D eigenvalue weighted by atomic mass is 16.7. The van der Waals surface area contributed by atoms with E-state index in [1.54, 1.807) is 13.3 Å². The fourth-order valence-corrected chi connectivity index (χ4v) is 3.48. The maximum atomic E-state index is 11.9. The van der Waals surface area contributed by atoms with Crippen molar-refractivity contribution in [1.29, 1.82) is 0 Å². The van der Waals surface area contributed by atoms with Gasteiger partial charge in [-0.05, 0) is 43.7 Å². The van der Waals surface area contributed by atoms with E-state index in [0.717, 1.165) is 34.5 Å². The largest absolute Gasteiger partial charge is 0.455 e. The van der Waals surface area contributed by atoms with Crippen LogP contribution in [0.5, 0.6) is 0 Å². The highest BCUT2D eigenvalue weighted by Gasteiger charge is 2.22. The summed E-state index contributed by atoms with van der Waals surface area (Å²) < 4.78 is 13.3. The number of aliphatic imine (C=N–C) groups is 1. The van der Waals surface area contributed by atoms with Crippen LogP contribution in [-0.2, 0) is 26.2 Å². The Kier molecular flexibility index (Phi) is 8.81. The second-order valence-corrected chi connectivity index (χ2v) is 8.86. The summed E-state index contributed by atoms with van der Waals surface area (Å²) in [7, 11) is 1.74. The van der Waals surface area contributed by atoms with Gasteiger partial charge in [0.1, 0.15) is 5.69 Å². The predicted molar refractivity (Wildman–Crippen MR) is 131 cm³/mol. The molecule has 0 radical (unpaired) electrons. The lowest BCUT2D eigenvalue weighted by molar-refractivity contribution is -0.151. The summed E-state index contributed by atoms with van der Waals surface area (Å²) in [6.07, 6.45) is 2.90. The van der Waals surface area contributed by atoms with Crippen molar-refractivity contribution in [3.05, 3.63) is 52.3 Å². The molecule has 0 saturated heterocycles. The van der Waals surface area contributed by atoms with E-state index in [1.165, 1.54) is 5.56 Å². The zero-order valence-electron chi connectivity index (χ0n) is 20.8. The lowest BCUT2D eigenvalue weighted by Gasteiger charge is -2.20. The van der Waals surface area contributed by atoms with Gasteiger partial charge in [0.2, 0.25) is 6.79 Å². The molecule has 1 aromatic heterocycles. The van der Waals surface area contributed by atoms with Crippen LogP contribution in [0, 0.1) is 6.92 Å². The Balaban J connectivity index is 2.57. The minimum absolute atomic E-state index is 0.0751. The molecule has 0 aliphatic rings. The van der Waals surface area contributed by atoms with Crippen molar-refractivity contribution in [2.45, 2.75) is 73.3 Å². The Labute approximate surface area is 192 Å². The average Bonchev–Trinajstić information content (AvgIpc) is 3.06. The second-order valence-electron chi connectivity index (χ2n) is 8.86. The molecule has 0 aliphatic heterocycles. The van der Waals surface area contributed by atoms with Gasteiger partial charge in [-0.1, -0.05) is 52.0 Å². The molecule has 0 unspecified atom stereocenters. The fourth-order valence-electron chi connectivity index (χ4n) is 3.48. The maximum Gasteiger partial charge on any atom is 0.308 e. The van der Waals surface area contributed by atoms with Crippen LogP contribution in [-0.4, -0.2) is 35.8 Å². The van der Waals surface area contributed by atoms with Crippen LogP contribution >= 0.6 is 0 Å². The van der Waals surface area contributed by atoms with E-state index in [0.29, 0.717) is 18.7 Å². The topological polar surface area (TPSA) is 65.7 Å².